The van der Waals surface area contributed by atoms with Crippen molar-refractivity contribution in [3.8, 4) is 5.75 Å². The molecule has 6 heteroatoms. The van der Waals surface area contributed by atoms with Crippen molar-refractivity contribution in [3.05, 3.63) is 83.7 Å². The van der Waals surface area contributed by atoms with E-state index in [-0.39, 0.29) is 0 Å². The number of nitrogens with zero attached hydrogens (tertiary/aromatic N) is 2. The molecule has 0 amide bonds. The second-order valence-corrected chi connectivity index (χ2v) is 7.58. The highest BCUT2D eigenvalue weighted by molar-refractivity contribution is 7.98. The molecular weight excluding hydrogens is 382 g/mol. The lowest BCUT2D eigenvalue weighted by Crippen LogP contribution is -2.08. The van der Waals surface area contributed by atoms with Gasteiger partial charge in [-0.25, -0.2) is 4.98 Å². The number of ether oxygens (including phenoxy) is 2. The smallest absolute Gasteiger partial charge is 0.166 e. The largest absolute Gasteiger partial charge is 0.491 e. The first-order chi connectivity index (χ1) is 14.3. The molecule has 0 spiro atoms. The van der Waals surface area contributed by atoms with Crippen molar-refractivity contribution in [2.24, 2.45) is 0 Å². The zero-order valence-electron chi connectivity index (χ0n) is 16.3. The number of para-hydroxylation sites is 2. The van der Waals surface area contributed by atoms with Crippen molar-refractivity contribution < 1.29 is 9.47 Å². The van der Waals surface area contributed by atoms with Gasteiger partial charge in [-0.1, -0.05) is 54.2 Å². The van der Waals surface area contributed by atoms with Gasteiger partial charge in [-0.15, -0.1) is 0 Å². The molecular formula is C23H23N3O2S. The number of rotatable bonds is 9. The van der Waals surface area contributed by atoms with Gasteiger partial charge in [0.2, 0.25) is 0 Å². The summed E-state index contributed by atoms with van der Waals surface area (Å²) in [6.07, 6.45) is 1.79. The van der Waals surface area contributed by atoms with Crippen LogP contribution in [0.1, 0.15) is 16.8 Å². The Labute approximate surface area is 174 Å². The summed E-state index contributed by atoms with van der Waals surface area (Å²) in [5, 5.41) is 0.896. The van der Waals surface area contributed by atoms with Gasteiger partial charge in [0, 0.05) is 17.5 Å². The second-order valence-electron chi connectivity index (χ2n) is 6.62. The quantitative estimate of drug-likeness (QED) is 0.308. The van der Waals surface area contributed by atoms with E-state index in [2.05, 4.69) is 27.1 Å². The van der Waals surface area contributed by atoms with Crippen molar-refractivity contribution in [2.75, 3.05) is 13.2 Å². The standard InChI is InChI=1S/C23H23N3O2S/c1-17-21(16-29-23-25-19-9-5-6-10-20(19)26-23)24-12-11-22(17)28-14-13-27-15-18-7-3-2-4-8-18/h2-12H,13-16H2,1H3,(H,25,26). The van der Waals surface area contributed by atoms with Crippen LogP contribution < -0.4 is 4.74 Å². The number of pyridine rings is 1. The van der Waals surface area contributed by atoms with Crippen LogP contribution in [-0.2, 0) is 17.1 Å². The third kappa shape index (κ3) is 5.16. The molecule has 0 atom stereocenters. The number of hydrogen-bond donors (Lipinski definition) is 1. The maximum atomic E-state index is 5.92. The minimum atomic E-state index is 0.508. The molecule has 0 aliphatic carbocycles. The number of thioether (sulfide) groups is 1. The molecule has 0 aliphatic heterocycles. The molecule has 2 aromatic carbocycles. The number of imidazole rings is 1. The number of aromatic amines is 1. The van der Waals surface area contributed by atoms with Gasteiger partial charge in [0.15, 0.2) is 5.16 Å². The summed E-state index contributed by atoms with van der Waals surface area (Å²) >= 11 is 1.64. The van der Waals surface area contributed by atoms with E-state index in [1.807, 2.05) is 55.5 Å². The van der Waals surface area contributed by atoms with E-state index < -0.39 is 0 Å². The monoisotopic (exact) mass is 405 g/mol. The molecule has 1 N–H and O–H groups in total. The van der Waals surface area contributed by atoms with Gasteiger partial charge in [0.25, 0.3) is 0 Å². The first-order valence-electron chi connectivity index (χ1n) is 9.56. The van der Waals surface area contributed by atoms with Crippen LogP contribution in [0.25, 0.3) is 11.0 Å². The van der Waals surface area contributed by atoms with Crippen molar-refractivity contribution >= 4 is 22.8 Å². The number of aromatic nitrogens is 3. The van der Waals surface area contributed by atoms with Gasteiger partial charge < -0.3 is 14.5 Å². The number of benzene rings is 2. The Morgan fingerprint density at radius 3 is 2.66 bits per heavy atom. The van der Waals surface area contributed by atoms with E-state index in [1.54, 1.807) is 18.0 Å². The Morgan fingerprint density at radius 1 is 0.966 bits per heavy atom. The fourth-order valence-corrected chi connectivity index (χ4v) is 3.88. The Kier molecular flexibility index (Phi) is 6.44. The molecule has 0 unspecified atom stereocenters. The van der Waals surface area contributed by atoms with Crippen LogP contribution in [0.3, 0.4) is 0 Å². The number of fused-ring (bicyclic) bond motifs is 1. The number of nitrogens with one attached hydrogen (secondary N) is 1. The Morgan fingerprint density at radius 2 is 1.79 bits per heavy atom. The molecule has 0 radical (unpaired) electrons. The molecule has 2 heterocycles. The number of hydrogen-bond acceptors (Lipinski definition) is 5. The molecule has 0 saturated heterocycles. The van der Waals surface area contributed by atoms with E-state index in [9.17, 15) is 0 Å². The molecule has 4 aromatic rings. The van der Waals surface area contributed by atoms with E-state index in [0.717, 1.165) is 44.5 Å². The fourth-order valence-electron chi connectivity index (χ4n) is 2.97. The van der Waals surface area contributed by atoms with Gasteiger partial charge >= 0.3 is 0 Å². The average Bonchev–Trinajstić information content (AvgIpc) is 3.17. The first-order valence-corrected chi connectivity index (χ1v) is 10.5. The second kappa shape index (κ2) is 9.58. The van der Waals surface area contributed by atoms with Gasteiger partial charge in [0.1, 0.15) is 12.4 Å². The topological polar surface area (TPSA) is 60.0 Å². The van der Waals surface area contributed by atoms with Crippen LogP contribution in [0.4, 0.5) is 0 Å². The predicted molar refractivity (Wildman–Crippen MR) is 116 cm³/mol. The summed E-state index contributed by atoms with van der Waals surface area (Å²) in [5.41, 5.74) is 5.24. The lowest BCUT2D eigenvalue weighted by molar-refractivity contribution is 0.0886. The molecule has 5 nitrogen and oxygen atoms in total. The molecule has 148 valence electrons. The van der Waals surface area contributed by atoms with Crippen molar-refractivity contribution in [1.82, 2.24) is 15.0 Å². The van der Waals surface area contributed by atoms with Crippen molar-refractivity contribution in [2.45, 2.75) is 24.4 Å². The average molecular weight is 406 g/mol. The van der Waals surface area contributed by atoms with E-state index >= 15 is 0 Å². The van der Waals surface area contributed by atoms with Gasteiger partial charge in [-0.2, -0.15) is 0 Å². The molecule has 0 bridgehead atoms. The lowest BCUT2D eigenvalue weighted by atomic mass is 10.2. The van der Waals surface area contributed by atoms with Gasteiger partial charge in [-0.3, -0.25) is 4.98 Å². The van der Waals surface area contributed by atoms with Crippen molar-refractivity contribution in [1.29, 1.82) is 0 Å². The third-order valence-electron chi connectivity index (χ3n) is 4.57. The Hall–Kier alpha value is -2.83. The summed E-state index contributed by atoms with van der Waals surface area (Å²) < 4.78 is 11.6. The fraction of sp³-hybridized carbons (Fsp3) is 0.217. The van der Waals surface area contributed by atoms with E-state index in [1.165, 1.54) is 0 Å². The summed E-state index contributed by atoms with van der Waals surface area (Å²) in [4.78, 5) is 12.5. The maximum absolute atomic E-state index is 5.92. The van der Waals surface area contributed by atoms with Crippen LogP contribution >= 0.6 is 11.8 Å². The van der Waals surface area contributed by atoms with E-state index in [0.29, 0.717) is 19.8 Å². The van der Waals surface area contributed by atoms with Crippen LogP contribution in [0.15, 0.2) is 72.0 Å². The number of H-pyrrole nitrogens is 1. The maximum Gasteiger partial charge on any atom is 0.166 e. The van der Waals surface area contributed by atoms with E-state index in [4.69, 9.17) is 9.47 Å². The highest BCUT2D eigenvalue weighted by Crippen LogP contribution is 2.26. The van der Waals surface area contributed by atoms with Gasteiger partial charge in [-0.05, 0) is 30.7 Å². The van der Waals surface area contributed by atoms with Gasteiger partial charge in [0.05, 0.1) is 29.9 Å². The highest BCUT2D eigenvalue weighted by atomic mass is 32.2. The zero-order valence-corrected chi connectivity index (χ0v) is 17.1. The molecule has 29 heavy (non-hydrogen) atoms. The highest BCUT2D eigenvalue weighted by Gasteiger charge is 2.09. The SMILES string of the molecule is Cc1c(OCCOCc2ccccc2)ccnc1CSc1nc2ccccc2[nH]1. The molecule has 2 aromatic heterocycles. The third-order valence-corrected chi connectivity index (χ3v) is 5.45. The summed E-state index contributed by atoms with van der Waals surface area (Å²) in [6.45, 7) is 3.69. The van der Waals surface area contributed by atoms with Crippen molar-refractivity contribution in [3.63, 3.8) is 0 Å². The minimum Gasteiger partial charge on any atom is -0.491 e. The molecule has 0 fully saturated rings. The lowest BCUT2D eigenvalue weighted by Gasteiger charge is -2.12. The first kappa shape index (κ1) is 19.5. The van der Waals surface area contributed by atoms with Crippen LogP contribution in [0.5, 0.6) is 5.75 Å². The molecule has 0 aliphatic rings. The normalized spacial score (nSPS) is 11.1. The van der Waals surface area contributed by atoms with Crippen LogP contribution in [0.2, 0.25) is 0 Å². The summed E-state index contributed by atoms with van der Waals surface area (Å²) in [6, 6.07) is 20.1. The Bertz CT molecular complexity index is 1030. The van der Waals surface area contributed by atoms with Crippen LogP contribution in [-0.4, -0.2) is 28.2 Å². The predicted octanol–water partition coefficient (Wildman–Crippen LogP) is 5.15. The Balaban J connectivity index is 1.28. The molecule has 4 rings (SSSR count). The minimum absolute atomic E-state index is 0.508. The molecule has 0 saturated carbocycles. The summed E-state index contributed by atoms with van der Waals surface area (Å²) in [5.74, 6) is 1.58. The zero-order chi connectivity index (χ0) is 19.9. The van der Waals surface area contributed by atoms with Crippen LogP contribution in [0, 0.1) is 6.92 Å². The summed E-state index contributed by atoms with van der Waals surface area (Å²) in [7, 11) is 0.